The molecule has 0 saturated carbocycles. The normalized spacial score (nSPS) is 17.9. The van der Waals surface area contributed by atoms with Crippen molar-refractivity contribution in [2.75, 3.05) is 18.7 Å². The fraction of sp³-hybridized carbons (Fsp3) is 0.263. The third-order valence-electron chi connectivity index (χ3n) is 4.43. The van der Waals surface area contributed by atoms with Crippen molar-refractivity contribution in [2.24, 2.45) is 0 Å². The molecule has 0 unspecified atom stereocenters. The van der Waals surface area contributed by atoms with Gasteiger partial charge in [0.2, 0.25) is 12.7 Å². The maximum atomic E-state index is 12.4. The second-order valence-electron chi connectivity index (χ2n) is 6.35. The SMILES string of the molecule is CN1O[C@@H](CC(=O)NCc2ccc3c(c2)OCO3)N(c2ccc(Cl)cc2)C1=O. The zero-order chi connectivity index (χ0) is 19.7. The van der Waals surface area contributed by atoms with Crippen LogP contribution in [0.2, 0.25) is 5.02 Å². The minimum Gasteiger partial charge on any atom is -0.454 e. The predicted octanol–water partition coefficient (Wildman–Crippen LogP) is 2.90. The number of carbonyl (C=O) groups is 2. The van der Waals surface area contributed by atoms with Gasteiger partial charge in [-0.2, -0.15) is 0 Å². The number of hydrogen-bond donors (Lipinski definition) is 1. The quantitative estimate of drug-likeness (QED) is 0.830. The number of urea groups is 1. The van der Waals surface area contributed by atoms with Gasteiger partial charge in [0.1, 0.15) is 0 Å². The van der Waals surface area contributed by atoms with E-state index in [9.17, 15) is 9.59 Å². The topological polar surface area (TPSA) is 80.3 Å². The van der Waals surface area contributed by atoms with Crippen molar-refractivity contribution in [3.05, 3.63) is 53.1 Å². The van der Waals surface area contributed by atoms with Crippen LogP contribution in [0.15, 0.2) is 42.5 Å². The zero-order valence-corrected chi connectivity index (χ0v) is 15.8. The van der Waals surface area contributed by atoms with E-state index < -0.39 is 6.23 Å². The van der Waals surface area contributed by atoms with E-state index in [-0.39, 0.29) is 25.2 Å². The van der Waals surface area contributed by atoms with Crippen LogP contribution >= 0.6 is 11.6 Å². The highest BCUT2D eigenvalue weighted by molar-refractivity contribution is 6.30. The number of amides is 3. The van der Waals surface area contributed by atoms with Crippen LogP contribution in [0, 0.1) is 0 Å². The monoisotopic (exact) mass is 403 g/mol. The molecule has 9 heteroatoms. The zero-order valence-electron chi connectivity index (χ0n) is 15.1. The highest BCUT2D eigenvalue weighted by Crippen LogP contribution is 2.32. The van der Waals surface area contributed by atoms with Crippen LogP contribution in [-0.2, 0) is 16.2 Å². The van der Waals surface area contributed by atoms with Crippen molar-refractivity contribution in [3.63, 3.8) is 0 Å². The number of ether oxygens (including phenoxy) is 2. The van der Waals surface area contributed by atoms with Crippen molar-refractivity contribution in [1.82, 2.24) is 10.4 Å². The first-order valence-electron chi connectivity index (χ1n) is 8.66. The number of nitrogens with one attached hydrogen (secondary N) is 1. The van der Waals surface area contributed by atoms with Crippen molar-refractivity contribution < 1.29 is 23.9 Å². The molecular weight excluding hydrogens is 386 g/mol. The third kappa shape index (κ3) is 3.69. The van der Waals surface area contributed by atoms with Crippen LogP contribution in [-0.4, -0.2) is 37.1 Å². The van der Waals surface area contributed by atoms with Gasteiger partial charge in [0, 0.05) is 24.3 Å². The van der Waals surface area contributed by atoms with Gasteiger partial charge in [0.25, 0.3) is 0 Å². The maximum Gasteiger partial charge on any atom is 0.350 e. The Labute approximate surface area is 166 Å². The number of hydroxylamine groups is 2. The number of benzene rings is 2. The number of rotatable bonds is 5. The summed E-state index contributed by atoms with van der Waals surface area (Å²) in [7, 11) is 1.51. The first-order valence-corrected chi connectivity index (χ1v) is 9.03. The lowest BCUT2D eigenvalue weighted by atomic mass is 10.2. The largest absolute Gasteiger partial charge is 0.454 e. The molecule has 2 aromatic rings. The van der Waals surface area contributed by atoms with Crippen LogP contribution in [0.25, 0.3) is 0 Å². The molecule has 1 N–H and O–H groups in total. The molecule has 28 heavy (non-hydrogen) atoms. The fourth-order valence-corrected chi connectivity index (χ4v) is 3.16. The van der Waals surface area contributed by atoms with Gasteiger partial charge < -0.3 is 14.8 Å². The van der Waals surface area contributed by atoms with Gasteiger partial charge >= 0.3 is 6.03 Å². The first-order chi connectivity index (χ1) is 13.5. The van der Waals surface area contributed by atoms with E-state index in [1.165, 1.54) is 11.9 Å². The van der Waals surface area contributed by atoms with Crippen molar-refractivity contribution in [3.8, 4) is 11.5 Å². The number of nitrogens with zero attached hydrogens (tertiary/aromatic N) is 2. The smallest absolute Gasteiger partial charge is 0.350 e. The summed E-state index contributed by atoms with van der Waals surface area (Å²) in [5.74, 6) is 1.10. The Hall–Kier alpha value is -2.97. The molecular formula is C19H18ClN3O5. The van der Waals surface area contributed by atoms with Gasteiger partial charge in [-0.3, -0.25) is 9.69 Å². The summed E-state index contributed by atoms with van der Waals surface area (Å²) < 4.78 is 10.6. The Bertz CT molecular complexity index is 905. The van der Waals surface area contributed by atoms with Gasteiger partial charge in [0.05, 0.1) is 6.42 Å². The Morgan fingerprint density at radius 1 is 1.18 bits per heavy atom. The summed E-state index contributed by atoms with van der Waals surface area (Å²) in [4.78, 5) is 31.8. The fourth-order valence-electron chi connectivity index (χ4n) is 3.04. The van der Waals surface area contributed by atoms with E-state index in [4.69, 9.17) is 25.9 Å². The van der Waals surface area contributed by atoms with E-state index in [1.807, 2.05) is 12.1 Å². The summed E-state index contributed by atoms with van der Waals surface area (Å²) >= 11 is 5.91. The minimum atomic E-state index is -0.740. The average molecular weight is 404 g/mol. The number of fused-ring (bicyclic) bond motifs is 1. The lowest BCUT2D eigenvalue weighted by Crippen LogP contribution is -2.38. The molecule has 4 rings (SSSR count). The summed E-state index contributed by atoms with van der Waals surface area (Å²) in [6.45, 7) is 0.527. The molecule has 146 valence electrons. The van der Waals surface area contributed by atoms with Crippen LogP contribution in [0.3, 0.4) is 0 Å². The van der Waals surface area contributed by atoms with Gasteiger partial charge in [-0.1, -0.05) is 17.7 Å². The molecule has 1 fully saturated rings. The second kappa shape index (κ2) is 7.57. The van der Waals surface area contributed by atoms with Crippen LogP contribution < -0.4 is 19.7 Å². The van der Waals surface area contributed by atoms with Crippen molar-refractivity contribution >= 4 is 29.2 Å². The summed E-state index contributed by atoms with van der Waals surface area (Å²) in [6.07, 6.45) is -0.751. The summed E-state index contributed by atoms with van der Waals surface area (Å²) in [5.41, 5.74) is 1.49. The van der Waals surface area contributed by atoms with Crippen LogP contribution in [0.5, 0.6) is 11.5 Å². The number of hydrogen-bond acceptors (Lipinski definition) is 5. The molecule has 3 amide bonds. The molecule has 1 atom stereocenters. The Morgan fingerprint density at radius 2 is 1.93 bits per heavy atom. The second-order valence-corrected chi connectivity index (χ2v) is 6.79. The molecule has 0 radical (unpaired) electrons. The minimum absolute atomic E-state index is 0.0107. The highest BCUT2D eigenvalue weighted by Gasteiger charge is 2.39. The molecule has 1 saturated heterocycles. The predicted molar refractivity (Wildman–Crippen MR) is 101 cm³/mol. The molecule has 2 aliphatic heterocycles. The molecule has 2 aromatic carbocycles. The van der Waals surface area contributed by atoms with E-state index >= 15 is 0 Å². The van der Waals surface area contributed by atoms with E-state index in [1.54, 1.807) is 30.3 Å². The van der Waals surface area contributed by atoms with Crippen molar-refractivity contribution in [1.29, 1.82) is 0 Å². The third-order valence-corrected chi connectivity index (χ3v) is 4.69. The van der Waals surface area contributed by atoms with Crippen molar-refractivity contribution in [2.45, 2.75) is 19.2 Å². The van der Waals surface area contributed by atoms with Gasteiger partial charge in [0.15, 0.2) is 17.7 Å². The summed E-state index contributed by atoms with van der Waals surface area (Å²) in [5, 5.41) is 4.51. The van der Waals surface area contributed by atoms with Crippen LogP contribution in [0.1, 0.15) is 12.0 Å². The maximum absolute atomic E-state index is 12.4. The van der Waals surface area contributed by atoms with E-state index in [0.29, 0.717) is 28.8 Å². The van der Waals surface area contributed by atoms with Gasteiger partial charge in [-0.05, 0) is 42.0 Å². The van der Waals surface area contributed by atoms with Gasteiger partial charge in [-0.25, -0.2) is 14.7 Å². The number of anilines is 1. The average Bonchev–Trinajstić information content (AvgIpc) is 3.25. The molecule has 2 aliphatic rings. The Kier molecular flexibility index (Phi) is 4.97. The number of halogens is 1. The standard InChI is InChI=1S/C19H18ClN3O5/c1-22-19(25)23(14-5-3-13(20)4-6-14)18(28-22)9-17(24)21-10-12-2-7-15-16(8-12)27-11-26-15/h2-8,18H,9-11H2,1H3,(H,21,24)/t18-/m0/s1. The highest BCUT2D eigenvalue weighted by atomic mass is 35.5. The first kappa shape index (κ1) is 18.4. The molecule has 2 heterocycles. The summed E-state index contributed by atoms with van der Waals surface area (Å²) in [6, 6.07) is 11.9. The lowest BCUT2D eigenvalue weighted by molar-refractivity contribution is -0.133. The van der Waals surface area contributed by atoms with Crippen LogP contribution in [0.4, 0.5) is 10.5 Å². The van der Waals surface area contributed by atoms with E-state index in [0.717, 1.165) is 10.6 Å². The molecule has 0 aliphatic carbocycles. The molecule has 0 bridgehead atoms. The number of carbonyl (C=O) groups excluding carboxylic acids is 2. The van der Waals surface area contributed by atoms with Gasteiger partial charge in [-0.15, -0.1) is 0 Å². The lowest BCUT2D eigenvalue weighted by Gasteiger charge is -2.20. The molecule has 0 spiro atoms. The Morgan fingerprint density at radius 3 is 2.71 bits per heavy atom. The van der Waals surface area contributed by atoms with E-state index in [2.05, 4.69) is 5.32 Å². The Balaban J connectivity index is 1.39. The molecule has 8 nitrogen and oxygen atoms in total. The molecule has 0 aromatic heterocycles.